The Morgan fingerprint density at radius 3 is 2.75 bits per heavy atom. The van der Waals surface area contributed by atoms with Gasteiger partial charge in [-0.1, -0.05) is 30.3 Å². The summed E-state index contributed by atoms with van der Waals surface area (Å²) >= 11 is 0. The van der Waals surface area contributed by atoms with Crippen molar-refractivity contribution < 1.29 is 5.11 Å². The third-order valence-electron chi connectivity index (χ3n) is 4.02. The molecule has 0 amide bonds. The molecule has 0 aromatic heterocycles. The molecule has 0 bridgehead atoms. The summed E-state index contributed by atoms with van der Waals surface area (Å²) in [6.45, 7) is 1.07. The van der Waals surface area contributed by atoms with E-state index in [-0.39, 0.29) is 6.10 Å². The van der Waals surface area contributed by atoms with Gasteiger partial charge in [-0.05, 0) is 43.2 Å². The molecule has 0 radical (unpaired) electrons. The van der Waals surface area contributed by atoms with Crippen molar-refractivity contribution in [2.45, 2.75) is 37.3 Å². The molecule has 3 rings (SSSR count). The molecule has 1 saturated carbocycles. The number of nitrogens with one attached hydrogen (secondary N) is 1. The quantitative estimate of drug-likeness (QED) is 0.810. The lowest BCUT2D eigenvalue weighted by Gasteiger charge is -2.18. The van der Waals surface area contributed by atoms with Crippen molar-refractivity contribution in [3.8, 4) is 0 Å². The van der Waals surface area contributed by atoms with Crippen LogP contribution in [0.5, 0.6) is 0 Å². The molecule has 1 aliphatic carbocycles. The highest BCUT2D eigenvalue weighted by Crippen LogP contribution is 2.50. The maximum atomic E-state index is 10.3. The smallest absolute Gasteiger partial charge is 0.0727 e. The standard InChI is InChI=1S/C14H19NO/c16-14(13-7-4-8-15-13)12-9-11(12)10-5-2-1-3-6-10/h1-3,5-6,11-16H,4,7-9H2. The Bertz CT molecular complexity index is 345. The zero-order valence-electron chi connectivity index (χ0n) is 9.47. The Morgan fingerprint density at radius 1 is 1.25 bits per heavy atom. The summed E-state index contributed by atoms with van der Waals surface area (Å²) in [4.78, 5) is 0. The summed E-state index contributed by atoms with van der Waals surface area (Å²) in [7, 11) is 0. The van der Waals surface area contributed by atoms with E-state index >= 15 is 0 Å². The fourth-order valence-electron chi connectivity index (χ4n) is 2.98. The summed E-state index contributed by atoms with van der Waals surface area (Å²) in [6.07, 6.45) is 3.36. The maximum absolute atomic E-state index is 10.3. The molecule has 2 nitrogen and oxygen atoms in total. The minimum atomic E-state index is -0.146. The van der Waals surface area contributed by atoms with Gasteiger partial charge in [-0.15, -0.1) is 0 Å². The summed E-state index contributed by atoms with van der Waals surface area (Å²) in [5, 5.41) is 13.7. The normalized spacial score (nSPS) is 34.9. The number of aliphatic hydroxyl groups is 1. The van der Waals surface area contributed by atoms with Crippen molar-refractivity contribution in [1.82, 2.24) is 5.32 Å². The average Bonchev–Trinajstić information content (AvgIpc) is 2.95. The van der Waals surface area contributed by atoms with E-state index in [1.807, 2.05) is 0 Å². The van der Waals surface area contributed by atoms with E-state index in [4.69, 9.17) is 0 Å². The van der Waals surface area contributed by atoms with Crippen LogP contribution >= 0.6 is 0 Å². The molecule has 1 heterocycles. The van der Waals surface area contributed by atoms with Crippen molar-refractivity contribution in [2.75, 3.05) is 6.54 Å². The van der Waals surface area contributed by atoms with Crippen LogP contribution in [0.25, 0.3) is 0 Å². The van der Waals surface area contributed by atoms with Crippen molar-refractivity contribution >= 4 is 0 Å². The first kappa shape index (κ1) is 10.3. The maximum Gasteiger partial charge on any atom is 0.0727 e. The lowest BCUT2D eigenvalue weighted by molar-refractivity contribution is 0.112. The molecule has 2 N–H and O–H groups in total. The fourth-order valence-corrected chi connectivity index (χ4v) is 2.98. The van der Waals surface area contributed by atoms with E-state index in [1.54, 1.807) is 0 Å². The van der Waals surface area contributed by atoms with Crippen molar-refractivity contribution in [3.63, 3.8) is 0 Å². The molecule has 1 aliphatic heterocycles. The first-order valence-corrected chi connectivity index (χ1v) is 6.32. The number of aliphatic hydroxyl groups excluding tert-OH is 1. The van der Waals surface area contributed by atoms with Crippen LogP contribution in [-0.4, -0.2) is 23.8 Å². The zero-order valence-corrected chi connectivity index (χ0v) is 9.47. The highest BCUT2D eigenvalue weighted by Gasteiger charge is 2.46. The second kappa shape index (κ2) is 4.19. The van der Waals surface area contributed by atoms with E-state index in [0.717, 1.165) is 19.4 Å². The Hall–Kier alpha value is -0.860. The summed E-state index contributed by atoms with van der Waals surface area (Å²) < 4.78 is 0. The fraction of sp³-hybridized carbons (Fsp3) is 0.571. The molecule has 4 atom stereocenters. The van der Waals surface area contributed by atoms with Gasteiger partial charge < -0.3 is 10.4 Å². The Kier molecular flexibility index (Phi) is 2.70. The topological polar surface area (TPSA) is 32.3 Å². The van der Waals surface area contributed by atoms with Crippen molar-refractivity contribution in [1.29, 1.82) is 0 Å². The van der Waals surface area contributed by atoms with E-state index in [1.165, 1.54) is 12.0 Å². The summed E-state index contributed by atoms with van der Waals surface area (Å²) in [5.41, 5.74) is 1.39. The Labute approximate surface area is 96.7 Å². The predicted molar refractivity (Wildman–Crippen MR) is 64.3 cm³/mol. The van der Waals surface area contributed by atoms with Crippen LogP contribution < -0.4 is 5.32 Å². The SMILES string of the molecule is OC(C1CCCN1)C1CC1c1ccccc1. The van der Waals surface area contributed by atoms with Gasteiger partial charge in [0.05, 0.1) is 6.10 Å². The molecule has 2 aliphatic rings. The number of benzene rings is 1. The average molecular weight is 217 g/mol. The Balaban J connectivity index is 1.63. The van der Waals surface area contributed by atoms with Crippen LogP contribution in [0.2, 0.25) is 0 Å². The molecule has 1 saturated heterocycles. The van der Waals surface area contributed by atoms with Gasteiger partial charge in [0.25, 0.3) is 0 Å². The minimum Gasteiger partial charge on any atom is -0.391 e. The number of hydrogen-bond donors (Lipinski definition) is 2. The zero-order chi connectivity index (χ0) is 11.0. The minimum absolute atomic E-state index is 0.146. The summed E-state index contributed by atoms with van der Waals surface area (Å²) in [6, 6.07) is 10.9. The van der Waals surface area contributed by atoms with Gasteiger partial charge in [0, 0.05) is 6.04 Å². The van der Waals surface area contributed by atoms with E-state index in [0.29, 0.717) is 17.9 Å². The molecule has 0 spiro atoms. The van der Waals surface area contributed by atoms with Crippen LogP contribution in [0.4, 0.5) is 0 Å². The molecule has 1 aromatic carbocycles. The van der Waals surface area contributed by atoms with E-state index in [2.05, 4.69) is 35.6 Å². The van der Waals surface area contributed by atoms with Crippen LogP contribution in [-0.2, 0) is 0 Å². The second-order valence-electron chi connectivity index (χ2n) is 5.11. The first-order valence-electron chi connectivity index (χ1n) is 6.32. The van der Waals surface area contributed by atoms with Gasteiger partial charge in [-0.3, -0.25) is 0 Å². The van der Waals surface area contributed by atoms with Crippen LogP contribution in [0.15, 0.2) is 30.3 Å². The van der Waals surface area contributed by atoms with Crippen LogP contribution in [0.1, 0.15) is 30.7 Å². The summed E-state index contributed by atoms with van der Waals surface area (Å²) in [5.74, 6) is 1.08. The van der Waals surface area contributed by atoms with Crippen LogP contribution in [0.3, 0.4) is 0 Å². The van der Waals surface area contributed by atoms with Gasteiger partial charge in [-0.25, -0.2) is 0 Å². The molecular formula is C14H19NO. The first-order chi connectivity index (χ1) is 7.86. The molecule has 4 unspecified atom stereocenters. The van der Waals surface area contributed by atoms with Gasteiger partial charge in [-0.2, -0.15) is 0 Å². The molecular weight excluding hydrogens is 198 g/mol. The highest BCUT2D eigenvalue weighted by atomic mass is 16.3. The monoisotopic (exact) mass is 217 g/mol. The lowest BCUT2D eigenvalue weighted by atomic mass is 10.0. The number of rotatable bonds is 3. The van der Waals surface area contributed by atoms with Crippen LogP contribution in [0, 0.1) is 5.92 Å². The van der Waals surface area contributed by atoms with Gasteiger partial charge in [0.2, 0.25) is 0 Å². The molecule has 2 fully saturated rings. The van der Waals surface area contributed by atoms with E-state index < -0.39 is 0 Å². The molecule has 16 heavy (non-hydrogen) atoms. The van der Waals surface area contributed by atoms with Gasteiger partial charge in [0.1, 0.15) is 0 Å². The molecule has 1 aromatic rings. The third kappa shape index (κ3) is 1.87. The molecule has 2 heteroatoms. The van der Waals surface area contributed by atoms with Crippen molar-refractivity contribution in [3.05, 3.63) is 35.9 Å². The largest absolute Gasteiger partial charge is 0.391 e. The third-order valence-corrected chi connectivity index (χ3v) is 4.02. The van der Waals surface area contributed by atoms with Gasteiger partial charge >= 0.3 is 0 Å². The predicted octanol–water partition coefficient (Wildman–Crippen LogP) is 1.90. The molecule has 86 valence electrons. The van der Waals surface area contributed by atoms with Gasteiger partial charge in [0.15, 0.2) is 0 Å². The highest BCUT2D eigenvalue weighted by molar-refractivity contribution is 5.26. The number of hydrogen-bond acceptors (Lipinski definition) is 2. The lowest BCUT2D eigenvalue weighted by Crippen LogP contribution is -2.36. The Morgan fingerprint density at radius 2 is 2.06 bits per heavy atom. The van der Waals surface area contributed by atoms with Crippen molar-refractivity contribution in [2.24, 2.45) is 5.92 Å². The second-order valence-corrected chi connectivity index (χ2v) is 5.11. The van der Waals surface area contributed by atoms with E-state index in [9.17, 15) is 5.11 Å².